The van der Waals surface area contributed by atoms with Crippen molar-refractivity contribution in [2.24, 2.45) is 0 Å². The molecule has 0 bridgehead atoms. The van der Waals surface area contributed by atoms with Crippen molar-refractivity contribution in [3.63, 3.8) is 0 Å². The summed E-state index contributed by atoms with van der Waals surface area (Å²) in [7, 11) is 0. The Morgan fingerprint density at radius 3 is 0.766 bits per heavy atom. The average molecular weight is 1680 g/mol. The molecule has 8 heterocycles. The minimum absolute atomic E-state index is 0.00833. The van der Waals surface area contributed by atoms with Gasteiger partial charge in [-0.05, 0) is 218 Å². The molecule has 4 atom stereocenters. The first-order chi connectivity index (χ1) is 69.4. The summed E-state index contributed by atoms with van der Waals surface area (Å²) in [5.74, 6) is 1.59. The van der Waals surface area contributed by atoms with Crippen LogP contribution in [0.3, 0.4) is 0 Å². The van der Waals surface area contributed by atoms with E-state index in [1.807, 2.05) is 223 Å². The second-order valence-electron chi connectivity index (χ2n) is 31.1. The van der Waals surface area contributed by atoms with E-state index in [1.54, 1.807) is 41.3 Å². The molecule has 8 aliphatic heterocycles. The molecule has 4 saturated heterocycles. The van der Waals surface area contributed by atoms with Crippen LogP contribution in [-0.2, 0) is 44.5 Å². The lowest BCUT2D eigenvalue weighted by Gasteiger charge is -2.35. The van der Waals surface area contributed by atoms with E-state index in [2.05, 4.69) is 24.3 Å². The molecule has 124 heavy (non-hydrogen) atoms. The molecular weight excluding hydrogens is 1550 g/mol. The van der Waals surface area contributed by atoms with Crippen LogP contribution in [0, 0.1) is 0 Å². The van der Waals surface area contributed by atoms with Crippen molar-refractivity contribution in [2.75, 3.05) is 105 Å². The van der Waals surface area contributed by atoms with Crippen molar-refractivity contribution in [3.8, 4) is 46.0 Å². The van der Waals surface area contributed by atoms with Crippen LogP contribution < -0.4 is 37.9 Å². The van der Waals surface area contributed by atoms with Crippen LogP contribution in [0.25, 0.3) is 0 Å². The van der Waals surface area contributed by atoms with Crippen LogP contribution >= 0.6 is 0 Å². The predicted octanol–water partition coefficient (Wildman–Crippen LogP) is 20.9. The minimum Gasteiger partial charge on any atom is -0.454 e. The average Bonchev–Trinajstić information content (AvgIpc) is 1.19. The van der Waals surface area contributed by atoms with Crippen molar-refractivity contribution in [1.82, 2.24) is 19.6 Å². The van der Waals surface area contributed by atoms with E-state index < -0.39 is 84.0 Å². The van der Waals surface area contributed by atoms with Crippen LogP contribution in [0.15, 0.2) is 315 Å². The fraction of sp³-hybridized carbons (Fsp3) is 0.333. The lowest BCUT2D eigenvalue weighted by Crippen LogP contribution is -2.41. The third kappa shape index (κ3) is 23.8. The number of fused-ring (bicyclic) bond motifs is 4. The molecule has 4 fully saturated rings. The summed E-state index contributed by atoms with van der Waals surface area (Å²) in [5, 5.41) is 0. The molecular formula is C108H116N4O12. The molecule has 0 N–H and O–H groups in total. The van der Waals surface area contributed by atoms with Gasteiger partial charge in [-0.15, -0.1) is 0 Å². The number of piperidine rings is 4. The molecule has 0 unspecified atom stereocenters. The maximum absolute atomic E-state index is 9.36. The smallest absolute Gasteiger partial charge is 0.231 e. The van der Waals surface area contributed by atoms with Crippen LogP contribution in [-0.4, -0.2) is 149 Å². The van der Waals surface area contributed by atoms with Crippen LogP contribution in [0.4, 0.5) is 0 Å². The largest absolute Gasteiger partial charge is 0.454 e. The van der Waals surface area contributed by atoms with E-state index in [9.17, 15) is 2.74 Å². The van der Waals surface area contributed by atoms with Gasteiger partial charge in [0.05, 0.1) is 27.2 Å². The standard InChI is InChI=1S/4C27H29NO3/c4*1-3-8-22(9-4-1)27(23-10-5-2-6-11-23)31-24-12-7-16-28(19-24)17-15-21-13-14-25-26(18-21)30-20-29-25/h4*1-6,8-11,13-14,18,24,27H,7,12,15-17,19-20H2/t4*24-/m1111/s1/i15D2,17D2,20D2,27D;17D2,20D2,27D;15D2,17D2,20D2;17D2,20D2. The second kappa shape index (κ2) is 43.9. The van der Waals surface area contributed by atoms with Gasteiger partial charge in [0.25, 0.3) is 0 Å². The third-order valence-electron chi connectivity index (χ3n) is 22.1. The molecule has 16 heteroatoms. The highest BCUT2D eigenvalue weighted by Crippen LogP contribution is 2.40. The first-order valence-corrected chi connectivity index (χ1v) is 42.6. The number of hydrogen-bond donors (Lipinski definition) is 0. The van der Waals surface area contributed by atoms with E-state index >= 15 is 0 Å². The van der Waals surface area contributed by atoms with E-state index in [0.29, 0.717) is 92.5 Å². The Morgan fingerprint density at radius 1 is 0.266 bits per heavy atom. The fourth-order valence-corrected chi connectivity index (χ4v) is 15.8. The van der Waals surface area contributed by atoms with Gasteiger partial charge in [-0.25, -0.2) is 0 Å². The Hall–Kier alpha value is -11.3. The molecule has 0 radical (unpaired) electrons. The van der Waals surface area contributed by atoms with Crippen LogP contribution in [0.1, 0.15) is 173 Å². The van der Waals surface area contributed by atoms with Gasteiger partial charge in [-0.2, -0.15) is 0 Å². The Labute approximate surface area is 762 Å². The minimum atomic E-state index is -2.47. The summed E-state index contributed by atoms with van der Waals surface area (Å²) in [4.78, 5) is 6.58. The molecule has 12 aromatic rings. The molecule has 0 amide bonds. The van der Waals surface area contributed by atoms with Crippen LogP contribution in [0.5, 0.6) is 46.0 Å². The zero-order chi connectivity index (χ0) is 103. The molecule has 16 nitrogen and oxygen atoms in total. The first kappa shape index (κ1) is 61.9. The van der Waals surface area contributed by atoms with Gasteiger partial charge in [-0.1, -0.05) is 267 Å². The number of nitrogens with zero attached hydrogens (tertiary/aromatic N) is 4. The Bertz CT molecular complexity index is 6200. The first-order valence-electron chi connectivity index (χ1n) is 53.6. The maximum atomic E-state index is 9.36. The van der Waals surface area contributed by atoms with Crippen molar-refractivity contribution >= 4 is 0 Å². The zero-order valence-electron chi connectivity index (χ0n) is 90.9. The number of rotatable bonds is 28. The highest BCUT2D eigenvalue weighted by molar-refractivity contribution is 5.48. The monoisotopic (exact) mass is 1680 g/mol. The lowest BCUT2D eigenvalue weighted by atomic mass is 10.00. The Morgan fingerprint density at radius 2 is 0.492 bits per heavy atom. The molecule has 0 saturated carbocycles. The van der Waals surface area contributed by atoms with Crippen molar-refractivity contribution in [2.45, 2.75) is 126 Å². The van der Waals surface area contributed by atoms with Gasteiger partial charge in [0, 0.05) is 68.6 Å². The van der Waals surface area contributed by atoms with Gasteiger partial charge < -0.3 is 76.4 Å². The highest BCUT2D eigenvalue weighted by atomic mass is 16.7. The fourth-order valence-electron chi connectivity index (χ4n) is 15.8. The maximum Gasteiger partial charge on any atom is 0.231 e. The third-order valence-corrected chi connectivity index (χ3v) is 22.1. The lowest BCUT2D eigenvalue weighted by molar-refractivity contribution is -0.0331. The second-order valence-corrected chi connectivity index (χ2v) is 31.1. The molecule has 640 valence electrons. The zero-order valence-corrected chi connectivity index (χ0v) is 68.9. The number of ether oxygens (including phenoxy) is 12. The van der Waals surface area contributed by atoms with E-state index in [0.717, 1.165) is 71.0 Å². The number of aryl methyl sites for hydroxylation is 4. The topological polar surface area (TPSA) is 124 Å². The van der Waals surface area contributed by atoms with Gasteiger partial charge in [0.2, 0.25) is 27.0 Å². The normalized spacial score (nSPS) is 23.5. The van der Waals surface area contributed by atoms with E-state index in [4.69, 9.17) is 84.3 Å². The molecule has 0 aromatic heterocycles. The number of likely N-dealkylation sites (tertiary alicyclic amines) is 4. The summed E-state index contributed by atoms with van der Waals surface area (Å²) in [6.45, 7) is -14.0. The van der Waals surface area contributed by atoms with Crippen molar-refractivity contribution in [3.05, 3.63) is 382 Å². The van der Waals surface area contributed by atoms with Crippen molar-refractivity contribution < 1.29 is 87.0 Å². The summed E-state index contributed by atoms with van der Waals surface area (Å²) in [6, 6.07) is 95.8. The van der Waals surface area contributed by atoms with Crippen molar-refractivity contribution in [1.29, 1.82) is 0 Å². The number of hydrogen-bond acceptors (Lipinski definition) is 16. The molecule has 8 aliphatic rings. The van der Waals surface area contributed by atoms with E-state index in [1.165, 1.54) is 46.2 Å². The van der Waals surface area contributed by atoms with Gasteiger partial charge in [-0.3, -0.25) is 0 Å². The number of benzene rings is 12. The summed E-state index contributed by atoms with van der Waals surface area (Å²) in [5.41, 5.74) is 8.42. The molecule has 0 spiro atoms. The van der Waals surface area contributed by atoms with E-state index in [-0.39, 0.29) is 96.3 Å². The Kier molecular flexibility index (Phi) is 21.9. The molecule has 0 aliphatic carbocycles. The Balaban J connectivity index is 0.000000133. The summed E-state index contributed by atoms with van der Waals surface area (Å²) >= 11 is 0. The predicted molar refractivity (Wildman–Crippen MR) is 486 cm³/mol. The summed E-state index contributed by atoms with van der Waals surface area (Å²) < 4.78 is 252. The highest BCUT2D eigenvalue weighted by Gasteiger charge is 2.32. The van der Waals surface area contributed by atoms with Gasteiger partial charge in [0.15, 0.2) is 46.0 Å². The quantitative estimate of drug-likeness (QED) is 0.0462. The summed E-state index contributed by atoms with van der Waals surface area (Å²) in [6.07, 6.45) is -3.52. The van der Waals surface area contributed by atoms with Gasteiger partial charge in [0.1, 0.15) is 35.3 Å². The molecule has 12 aromatic carbocycles. The van der Waals surface area contributed by atoms with Gasteiger partial charge >= 0.3 is 0 Å². The van der Waals surface area contributed by atoms with Crippen LogP contribution in [0.2, 0.25) is 0 Å². The SMILES string of the molecule is [2H]C1([2H])Oc2ccc(C([2H])([2H])C([2H])([2H])N3CCC[C@@H](OC([2H])(c4ccccc4)c4ccccc4)C3)cc2O1.[2H]C1([2H])Oc2ccc(C([2H])([2H])C([2H])([2H])N3CCC[C@@H](OC(c4ccccc4)c4ccccc4)C3)cc2O1.[2H]C1([2H])Oc2ccc(CC([2H])([2H])N3CCC[C@@H](OC([2H])(c4ccccc4)c4ccccc4)C3)cc2O1.[2H]C1([2H])Oc2ccc(CC([2H])([2H])N3CCC[C@@H](OC(c4ccccc4)c4ccccc4)C3)cc2O1. The molecule has 20 rings (SSSR count).